The Bertz CT molecular complexity index is 2030. The molecule has 2 heterocycles. The Morgan fingerprint density at radius 3 is 2.31 bits per heavy atom. The fourth-order valence-electron chi connectivity index (χ4n) is 4.69. The van der Waals surface area contributed by atoms with E-state index in [1.54, 1.807) is 60.7 Å². The van der Waals surface area contributed by atoms with Gasteiger partial charge in [0.15, 0.2) is 0 Å². The number of anilines is 1. The zero-order valence-corrected chi connectivity index (χ0v) is 21.4. The molecule has 2 N–H and O–H groups in total. The van der Waals surface area contributed by atoms with Gasteiger partial charge in [-0.15, -0.1) is 0 Å². The van der Waals surface area contributed by atoms with Gasteiger partial charge in [0.1, 0.15) is 0 Å². The van der Waals surface area contributed by atoms with Crippen LogP contribution in [0.15, 0.2) is 119 Å². The van der Waals surface area contributed by atoms with E-state index in [9.17, 15) is 18.0 Å². The average molecular weight is 535 g/mol. The minimum Gasteiger partial charge on any atom is -0.322 e. The van der Waals surface area contributed by atoms with Crippen LogP contribution in [0.25, 0.3) is 21.7 Å². The van der Waals surface area contributed by atoms with Crippen molar-refractivity contribution < 1.29 is 13.2 Å². The average Bonchev–Trinajstić information content (AvgIpc) is 3.36. The van der Waals surface area contributed by atoms with Crippen LogP contribution in [0, 0.1) is 0 Å². The summed E-state index contributed by atoms with van der Waals surface area (Å²) in [6, 6.07) is 29.6. The number of carbonyl (C=O) groups excluding carboxylic acids is 1. The zero-order valence-electron chi connectivity index (χ0n) is 20.5. The highest BCUT2D eigenvalue weighted by atomic mass is 32.2. The molecule has 0 atom stereocenters. The third kappa shape index (κ3) is 4.49. The van der Waals surface area contributed by atoms with Crippen LogP contribution in [0.1, 0.15) is 21.6 Å². The van der Waals surface area contributed by atoms with Crippen LogP contribution in [0.3, 0.4) is 0 Å². The number of aromatic nitrogens is 3. The molecule has 4 aromatic carbocycles. The molecule has 9 heteroatoms. The lowest BCUT2D eigenvalue weighted by Crippen LogP contribution is -2.14. The number of nitrogens with zero attached hydrogens (tertiary/aromatic N) is 2. The quantitative estimate of drug-likeness (QED) is 0.314. The molecule has 2 aromatic heterocycles. The van der Waals surface area contributed by atoms with Crippen molar-refractivity contribution in [3.05, 3.63) is 136 Å². The molecule has 8 nitrogen and oxygen atoms in total. The summed E-state index contributed by atoms with van der Waals surface area (Å²) in [5, 5.41) is 11.5. The summed E-state index contributed by atoms with van der Waals surface area (Å²) in [4.78, 5) is 25.7. The smallest absolute Gasteiger partial charge is 0.272 e. The minimum absolute atomic E-state index is 0.133. The molecule has 0 unspecified atom stereocenters. The molecule has 0 spiro atoms. The molecular formula is C30H22N4O4S. The van der Waals surface area contributed by atoms with Crippen molar-refractivity contribution in [3.8, 4) is 0 Å². The van der Waals surface area contributed by atoms with E-state index >= 15 is 0 Å². The van der Waals surface area contributed by atoms with Crippen LogP contribution < -0.4 is 10.9 Å². The van der Waals surface area contributed by atoms with Crippen molar-refractivity contribution in [3.63, 3.8) is 0 Å². The lowest BCUT2D eigenvalue weighted by atomic mass is 10.0. The van der Waals surface area contributed by atoms with Gasteiger partial charge in [0.2, 0.25) is 0 Å². The summed E-state index contributed by atoms with van der Waals surface area (Å²) < 4.78 is 27.9. The van der Waals surface area contributed by atoms with E-state index in [2.05, 4.69) is 15.5 Å². The maximum Gasteiger partial charge on any atom is 0.272 e. The molecule has 0 aliphatic rings. The van der Waals surface area contributed by atoms with Crippen molar-refractivity contribution in [2.45, 2.75) is 11.3 Å². The maximum atomic E-state index is 13.4. The Labute approximate surface area is 223 Å². The molecular weight excluding hydrogens is 512 g/mol. The number of aromatic amines is 1. The topological polar surface area (TPSA) is 114 Å². The van der Waals surface area contributed by atoms with Crippen LogP contribution in [-0.2, 0) is 16.4 Å². The third-order valence-electron chi connectivity index (χ3n) is 6.55. The summed E-state index contributed by atoms with van der Waals surface area (Å²) in [6.45, 7) is 0. The van der Waals surface area contributed by atoms with E-state index in [1.807, 2.05) is 30.3 Å². The first-order chi connectivity index (χ1) is 18.9. The van der Waals surface area contributed by atoms with Gasteiger partial charge in [-0.3, -0.25) is 9.59 Å². The highest BCUT2D eigenvalue weighted by molar-refractivity contribution is 7.90. The normalized spacial score (nSPS) is 11.6. The summed E-state index contributed by atoms with van der Waals surface area (Å²) in [5.41, 5.74) is 2.55. The number of nitrogens with one attached hydrogen (secondary N) is 2. The Morgan fingerprint density at radius 2 is 1.51 bits per heavy atom. The van der Waals surface area contributed by atoms with Crippen molar-refractivity contribution in [2.24, 2.45) is 0 Å². The number of carbonyl (C=O) groups is 1. The largest absolute Gasteiger partial charge is 0.322 e. The van der Waals surface area contributed by atoms with Gasteiger partial charge in [-0.25, -0.2) is 17.5 Å². The molecule has 0 bridgehead atoms. The van der Waals surface area contributed by atoms with Crippen LogP contribution in [0.5, 0.6) is 0 Å². The number of rotatable bonds is 6. The van der Waals surface area contributed by atoms with Gasteiger partial charge in [0.25, 0.3) is 21.5 Å². The summed E-state index contributed by atoms with van der Waals surface area (Å²) in [7, 11) is -3.91. The highest BCUT2D eigenvalue weighted by Crippen LogP contribution is 2.27. The first kappa shape index (κ1) is 24.3. The van der Waals surface area contributed by atoms with Gasteiger partial charge in [0.05, 0.1) is 27.1 Å². The number of benzene rings is 4. The van der Waals surface area contributed by atoms with Gasteiger partial charge >= 0.3 is 0 Å². The fourth-order valence-corrected chi connectivity index (χ4v) is 6.08. The standard InChI is InChI=1S/C30H22N4O4S/c35-29(26-19-34(28-16-7-6-14-24(26)28)39(37,38)22-11-2-1-3-12-22)31-21-10-8-9-20(17-21)18-27-23-13-4-5-15-25(23)30(36)33-32-27/h1-17,19H,18H2,(H,31,35)(H,33,36). The van der Waals surface area contributed by atoms with E-state index in [1.165, 1.54) is 18.3 Å². The lowest BCUT2D eigenvalue weighted by Gasteiger charge is -2.08. The number of hydrogen-bond donors (Lipinski definition) is 2. The molecule has 0 saturated carbocycles. The lowest BCUT2D eigenvalue weighted by molar-refractivity contribution is 0.102. The Balaban J connectivity index is 1.32. The molecule has 1 amide bonds. The summed E-state index contributed by atoms with van der Waals surface area (Å²) >= 11 is 0. The van der Waals surface area contributed by atoms with E-state index in [0.29, 0.717) is 34.1 Å². The summed E-state index contributed by atoms with van der Waals surface area (Å²) in [6.07, 6.45) is 1.80. The second-order valence-corrected chi connectivity index (χ2v) is 10.9. The molecule has 0 aliphatic heterocycles. The van der Waals surface area contributed by atoms with Crippen LogP contribution >= 0.6 is 0 Å². The number of hydrogen-bond acceptors (Lipinski definition) is 5. The van der Waals surface area contributed by atoms with E-state index in [4.69, 9.17) is 0 Å². The molecule has 192 valence electrons. The van der Waals surface area contributed by atoms with Gasteiger partial charge in [-0.2, -0.15) is 5.10 Å². The van der Waals surface area contributed by atoms with Gasteiger partial charge in [-0.1, -0.05) is 66.7 Å². The highest BCUT2D eigenvalue weighted by Gasteiger charge is 2.23. The Morgan fingerprint density at radius 1 is 0.821 bits per heavy atom. The molecule has 0 saturated heterocycles. The fraction of sp³-hybridized carbons (Fsp3) is 0.0333. The molecule has 6 aromatic rings. The molecule has 39 heavy (non-hydrogen) atoms. The predicted molar refractivity (Wildman–Crippen MR) is 151 cm³/mol. The van der Waals surface area contributed by atoms with Crippen LogP contribution in [0.2, 0.25) is 0 Å². The van der Waals surface area contributed by atoms with Gasteiger partial charge in [-0.05, 0) is 42.0 Å². The van der Waals surface area contributed by atoms with Crippen molar-refractivity contribution in [2.75, 3.05) is 5.32 Å². The van der Waals surface area contributed by atoms with E-state index in [0.717, 1.165) is 14.9 Å². The molecule has 0 aliphatic carbocycles. The maximum absolute atomic E-state index is 13.4. The molecule has 0 fully saturated rings. The Kier molecular flexibility index (Phi) is 6.05. The van der Waals surface area contributed by atoms with Gasteiger partial charge < -0.3 is 5.32 Å². The van der Waals surface area contributed by atoms with Crippen LogP contribution in [0.4, 0.5) is 5.69 Å². The third-order valence-corrected chi connectivity index (χ3v) is 8.24. The first-order valence-electron chi connectivity index (χ1n) is 12.2. The zero-order chi connectivity index (χ0) is 27.0. The second kappa shape index (κ2) is 9.70. The number of amides is 1. The molecule has 6 rings (SSSR count). The van der Waals surface area contributed by atoms with Crippen molar-refractivity contribution in [1.82, 2.24) is 14.2 Å². The predicted octanol–water partition coefficient (Wildman–Crippen LogP) is 4.96. The van der Waals surface area contributed by atoms with Crippen molar-refractivity contribution in [1.29, 1.82) is 0 Å². The van der Waals surface area contributed by atoms with E-state index < -0.39 is 15.9 Å². The summed E-state index contributed by atoms with van der Waals surface area (Å²) in [5.74, 6) is -0.432. The monoisotopic (exact) mass is 534 g/mol. The Hall–Kier alpha value is -5.02. The minimum atomic E-state index is -3.91. The molecule has 0 radical (unpaired) electrons. The van der Waals surface area contributed by atoms with E-state index in [-0.39, 0.29) is 16.0 Å². The van der Waals surface area contributed by atoms with Crippen LogP contribution in [-0.4, -0.2) is 28.5 Å². The first-order valence-corrected chi connectivity index (χ1v) is 13.6. The second-order valence-electron chi connectivity index (χ2n) is 9.05. The van der Waals surface area contributed by atoms with Gasteiger partial charge in [0, 0.05) is 29.1 Å². The number of H-pyrrole nitrogens is 1. The SMILES string of the molecule is O=C(Nc1cccc(Cc2n[nH]c(=O)c3ccccc23)c1)c1cn(S(=O)(=O)c2ccccc2)c2ccccc12. The number of para-hydroxylation sites is 1. The van der Waals surface area contributed by atoms with Crippen molar-refractivity contribution >= 4 is 43.3 Å². The number of fused-ring (bicyclic) bond motifs is 2.